The molecule has 1 aromatic rings. The molecule has 0 radical (unpaired) electrons. The Balaban J connectivity index is 2.31. The van der Waals surface area contributed by atoms with Crippen molar-refractivity contribution in [3.63, 3.8) is 0 Å². The van der Waals surface area contributed by atoms with Gasteiger partial charge in [0.1, 0.15) is 11.6 Å². The van der Waals surface area contributed by atoms with Crippen molar-refractivity contribution in [1.82, 2.24) is 5.32 Å². The Morgan fingerprint density at radius 2 is 1.86 bits per heavy atom. The second-order valence-corrected chi connectivity index (χ2v) is 3.90. The van der Waals surface area contributed by atoms with Crippen molar-refractivity contribution in [2.24, 2.45) is 5.92 Å². The maximum atomic E-state index is 12.9. The summed E-state index contributed by atoms with van der Waals surface area (Å²) in [7, 11) is 0. The SMILES string of the molecule is CC1CCNC1c1cc(F)cc(F)c1. The molecule has 1 heterocycles. The van der Waals surface area contributed by atoms with E-state index in [4.69, 9.17) is 0 Å². The van der Waals surface area contributed by atoms with Crippen molar-refractivity contribution >= 4 is 0 Å². The second-order valence-electron chi connectivity index (χ2n) is 3.90. The molecule has 0 spiro atoms. The average Bonchev–Trinajstić information content (AvgIpc) is 2.49. The van der Waals surface area contributed by atoms with Crippen molar-refractivity contribution in [2.75, 3.05) is 6.54 Å². The molecule has 1 aliphatic heterocycles. The first-order chi connectivity index (χ1) is 6.66. The highest BCUT2D eigenvalue weighted by molar-refractivity contribution is 5.22. The smallest absolute Gasteiger partial charge is 0.126 e. The van der Waals surface area contributed by atoms with E-state index < -0.39 is 11.6 Å². The van der Waals surface area contributed by atoms with Crippen molar-refractivity contribution in [2.45, 2.75) is 19.4 Å². The van der Waals surface area contributed by atoms with E-state index in [1.807, 2.05) is 0 Å². The second kappa shape index (κ2) is 3.65. The van der Waals surface area contributed by atoms with Crippen LogP contribution in [0.3, 0.4) is 0 Å². The molecule has 1 fully saturated rings. The molecule has 0 aliphatic carbocycles. The number of hydrogen-bond donors (Lipinski definition) is 1. The van der Waals surface area contributed by atoms with E-state index in [1.54, 1.807) is 0 Å². The molecule has 1 aliphatic rings. The Bertz CT molecular complexity index is 318. The van der Waals surface area contributed by atoms with Crippen LogP contribution in [0.2, 0.25) is 0 Å². The predicted octanol–water partition coefficient (Wildman–Crippen LogP) is 2.64. The molecule has 76 valence electrons. The first-order valence-electron chi connectivity index (χ1n) is 4.86. The Kier molecular flexibility index (Phi) is 2.50. The van der Waals surface area contributed by atoms with E-state index in [0.717, 1.165) is 19.0 Å². The van der Waals surface area contributed by atoms with E-state index in [1.165, 1.54) is 12.1 Å². The van der Waals surface area contributed by atoms with Crippen molar-refractivity contribution in [3.8, 4) is 0 Å². The van der Waals surface area contributed by atoms with Gasteiger partial charge in [-0.25, -0.2) is 8.78 Å². The van der Waals surface area contributed by atoms with Crippen molar-refractivity contribution in [3.05, 3.63) is 35.4 Å². The van der Waals surface area contributed by atoms with Crippen LogP contribution in [-0.2, 0) is 0 Å². The van der Waals surface area contributed by atoms with Gasteiger partial charge in [0.05, 0.1) is 0 Å². The fourth-order valence-electron chi connectivity index (χ4n) is 2.04. The first kappa shape index (κ1) is 9.59. The fraction of sp³-hybridized carbons (Fsp3) is 0.455. The number of nitrogens with one attached hydrogen (secondary N) is 1. The van der Waals surface area contributed by atoms with E-state index in [2.05, 4.69) is 12.2 Å². The summed E-state index contributed by atoms with van der Waals surface area (Å²) < 4.78 is 25.9. The third kappa shape index (κ3) is 1.77. The number of hydrogen-bond acceptors (Lipinski definition) is 1. The number of rotatable bonds is 1. The lowest BCUT2D eigenvalue weighted by molar-refractivity contribution is 0.493. The third-order valence-corrected chi connectivity index (χ3v) is 2.78. The summed E-state index contributed by atoms with van der Waals surface area (Å²) in [6.07, 6.45) is 1.06. The molecule has 1 N–H and O–H groups in total. The van der Waals surface area contributed by atoms with E-state index >= 15 is 0 Å². The topological polar surface area (TPSA) is 12.0 Å². The van der Waals surface area contributed by atoms with Crippen LogP contribution in [0, 0.1) is 17.6 Å². The maximum absolute atomic E-state index is 12.9. The summed E-state index contributed by atoms with van der Waals surface area (Å²) in [5, 5.41) is 3.24. The molecule has 1 aromatic carbocycles. The lowest BCUT2D eigenvalue weighted by Crippen LogP contribution is -2.16. The summed E-state index contributed by atoms with van der Waals surface area (Å²) in [6.45, 7) is 3.01. The van der Waals surface area contributed by atoms with Crippen LogP contribution in [0.4, 0.5) is 8.78 Å². The molecule has 3 heteroatoms. The summed E-state index contributed by atoms with van der Waals surface area (Å²) in [4.78, 5) is 0. The van der Waals surface area contributed by atoms with E-state index in [9.17, 15) is 8.78 Å². The van der Waals surface area contributed by atoms with Gasteiger partial charge in [-0.1, -0.05) is 6.92 Å². The van der Waals surface area contributed by atoms with Gasteiger partial charge in [-0.15, -0.1) is 0 Å². The van der Waals surface area contributed by atoms with Gasteiger partial charge in [-0.3, -0.25) is 0 Å². The molecule has 2 unspecified atom stereocenters. The molecule has 0 aromatic heterocycles. The number of halogens is 2. The van der Waals surface area contributed by atoms with Gasteiger partial charge in [-0.2, -0.15) is 0 Å². The molecular weight excluding hydrogens is 184 g/mol. The standard InChI is InChI=1S/C11H13F2N/c1-7-2-3-14-11(7)8-4-9(12)6-10(13)5-8/h4-7,11,14H,2-3H2,1H3. The minimum absolute atomic E-state index is 0.0974. The third-order valence-electron chi connectivity index (χ3n) is 2.78. The van der Waals surface area contributed by atoms with Crippen LogP contribution in [0.1, 0.15) is 24.9 Å². The largest absolute Gasteiger partial charge is 0.310 e. The summed E-state index contributed by atoms with van der Waals surface area (Å²) in [5.74, 6) is -0.557. The van der Waals surface area contributed by atoms with E-state index in [-0.39, 0.29) is 6.04 Å². The minimum Gasteiger partial charge on any atom is -0.310 e. The Morgan fingerprint density at radius 3 is 2.36 bits per heavy atom. The predicted molar refractivity (Wildman–Crippen MR) is 50.9 cm³/mol. The van der Waals surface area contributed by atoms with Crippen LogP contribution in [0.25, 0.3) is 0 Å². The summed E-state index contributed by atoms with van der Waals surface area (Å²) in [6, 6.07) is 3.81. The molecular formula is C11H13F2N. The molecule has 0 amide bonds. The monoisotopic (exact) mass is 197 g/mol. The average molecular weight is 197 g/mol. The van der Waals surface area contributed by atoms with Gasteiger partial charge in [0.2, 0.25) is 0 Å². The maximum Gasteiger partial charge on any atom is 0.126 e. The number of benzene rings is 1. The van der Waals surface area contributed by atoms with Crippen LogP contribution in [0.15, 0.2) is 18.2 Å². The normalized spacial score (nSPS) is 26.8. The van der Waals surface area contributed by atoms with Crippen molar-refractivity contribution < 1.29 is 8.78 Å². The highest BCUT2D eigenvalue weighted by atomic mass is 19.1. The zero-order valence-electron chi connectivity index (χ0n) is 8.06. The van der Waals surface area contributed by atoms with Crippen LogP contribution in [0.5, 0.6) is 0 Å². The van der Waals surface area contributed by atoms with Crippen LogP contribution in [-0.4, -0.2) is 6.54 Å². The molecule has 14 heavy (non-hydrogen) atoms. The zero-order valence-corrected chi connectivity index (χ0v) is 8.06. The van der Waals surface area contributed by atoms with Gasteiger partial charge in [0.25, 0.3) is 0 Å². The quantitative estimate of drug-likeness (QED) is 0.729. The molecule has 0 bridgehead atoms. The van der Waals surface area contributed by atoms with Gasteiger partial charge in [0, 0.05) is 12.1 Å². The minimum atomic E-state index is -0.499. The van der Waals surface area contributed by atoms with Gasteiger partial charge in [-0.05, 0) is 36.6 Å². The van der Waals surface area contributed by atoms with Gasteiger partial charge < -0.3 is 5.32 Å². The molecule has 2 rings (SSSR count). The first-order valence-corrected chi connectivity index (χ1v) is 4.86. The Morgan fingerprint density at radius 1 is 1.21 bits per heavy atom. The van der Waals surface area contributed by atoms with Crippen molar-refractivity contribution in [1.29, 1.82) is 0 Å². The zero-order chi connectivity index (χ0) is 10.1. The molecule has 0 saturated carbocycles. The molecule has 1 saturated heterocycles. The van der Waals surface area contributed by atoms with Crippen LogP contribution >= 0.6 is 0 Å². The fourth-order valence-corrected chi connectivity index (χ4v) is 2.04. The lowest BCUT2D eigenvalue weighted by atomic mass is 9.96. The highest BCUT2D eigenvalue weighted by Gasteiger charge is 2.24. The van der Waals surface area contributed by atoms with Crippen LogP contribution < -0.4 is 5.32 Å². The highest BCUT2D eigenvalue weighted by Crippen LogP contribution is 2.29. The summed E-state index contributed by atoms with van der Waals surface area (Å²) in [5.41, 5.74) is 0.715. The summed E-state index contributed by atoms with van der Waals surface area (Å²) >= 11 is 0. The Hall–Kier alpha value is -0.960. The van der Waals surface area contributed by atoms with Gasteiger partial charge in [0.15, 0.2) is 0 Å². The molecule has 1 nitrogen and oxygen atoms in total. The van der Waals surface area contributed by atoms with Gasteiger partial charge >= 0.3 is 0 Å². The molecule has 2 atom stereocenters. The van der Waals surface area contributed by atoms with E-state index in [0.29, 0.717) is 11.5 Å². The lowest BCUT2D eigenvalue weighted by Gasteiger charge is -2.16. The Labute approximate surface area is 82.1 Å².